The molecule has 6 heteroatoms. The summed E-state index contributed by atoms with van der Waals surface area (Å²) in [4.78, 5) is 25.2. The van der Waals surface area contributed by atoms with E-state index in [2.05, 4.69) is 10.3 Å². The molecule has 0 radical (unpaired) electrons. The molecule has 2 N–H and O–H groups in total. The molecule has 0 unspecified atom stereocenters. The minimum absolute atomic E-state index is 0.00757. The summed E-state index contributed by atoms with van der Waals surface area (Å²) in [5.74, 6) is -0.437. The number of rotatable bonds is 7. The zero-order valence-electron chi connectivity index (χ0n) is 12.2. The Kier molecular flexibility index (Phi) is 6.92. The molecule has 0 saturated carbocycles. The predicted octanol–water partition coefficient (Wildman–Crippen LogP) is 1.21. The van der Waals surface area contributed by atoms with Crippen LogP contribution >= 0.6 is 0 Å². The number of ether oxygens (including phenoxy) is 1. The molecular formula is C15H19N3O3. The number of pyridine rings is 1. The number of carbonyl (C=O) groups excluding carboxylic acids is 1. The van der Waals surface area contributed by atoms with Crippen LogP contribution < -0.4 is 10.9 Å². The Morgan fingerprint density at radius 1 is 1.52 bits per heavy atom. The predicted molar refractivity (Wildman–Crippen MR) is 79.4 cm³/mol. The summed E-state index contributed by atoms with van der Waals surface area (Å²) in [6, 6.07) is 4.73. The highest BCUT2D eigenvalue weighted by molar-refractivity contribution is 6.01. The van der Waals surface area contributed by atoms with Crippen LogP contribution in [-0.4, -0.2) is 30.1 Å². The third-order valence-corrected chi connectivity index (χ3v) is 2.54. The van der Waals surface area contributed by atoms with Gasteiger partial charge in [-0.1, -0.05) is 0 Å². The van der Waals surface area contributed by atoms with E-state index in [9.17, 15) is 9.59 Å². The molecule has 0 aliphatic carbocycles. The van der Waals surface area contributed by atoms with Crippen LogP contribution in [0.15, 0.2) is 28.7 Å². The van der Waals surface area contributed by atoms with Gasteiger partial charge in [-0.05, 0) is 38.0 Å². The first kappa shape index (κ1) is 16.7. The van der Waals surface area contributed by atoms with E-state index in [1.165, 1.54) is 18.3 Å². The van der Waals surface area contributed by atoms with Crippen molar-refractivity contribution in [1.82, 2.24) is 10.3 Å². The first-order chi connectivity index (χ1) is 10.0. The molecule has 1 amide bonds. The normalized spacial score (nSPS) is 11.2. The Labute approximate surface area is 123 Å². The molecule has 0 bridgehead atoms. The van der Waals surface area contributed by atoms with Gasteiger partial charge in [-0.15, -0.1) is 0 Å². The van der Waals surface area contributed by atoms with Crippen molar-refractivity contribution in [2.45, 2.75) is 26.4 Å². The minimum Gasteiger partial charge on any atom is -0.379 e. The summed E-state index contributed by atoms with van der Waals surface area (Å²) < 4.78 is 5.35. The van der Waals surface area contributed by atoms with E-state index in [0.717, 1.165) is 0 Å². The number of amides is 1. The van der Waals surface area contributed by atoms with E-state index in [1.54, 1.807) is 6.07 Å². The number of nitrogens with one attached hydrogen (secondary N) is 2. The molecule has 1 aromatic rings. The number of nitrogens with zero attached hydrogens (tertiary/aromatic N) is 1. The highest BCUT2D eigenvalue weighted by Crippen LogP contribution is 2.03. The van der Waals surface area contributed by atoms with Crippen molar-refractivity contribution in [3.63, 3.8) is 0 Å². The monoisotopic (exact) mass is 289 g/mol. The van der Waals surface area contributed by atoms with Gasteiger partial charge in [0.15, 0.2) is 0 Å². The van der Waals surface area contributed by atoms with Gasteiger partial charge in [0, 0.05) is 25.4 Å². The van der Waals surface area contributed by atoms with Gasteiger partial charge in [-0.3, -0.25) is 9.59 Å². The summed E-state index contributed by atoms with van der Waals surface area (Å²) in [7, 11) is 0. The number of hydrogen-bond acceptors (Lipinski definition) is 4. The molecule has 0 saturated heterocycles. The van der Waals surface area contributed by atoms with Crippen molar-refractivity contribution >= 4 is 12.0 Å². The van der Waals surface area contributed by atoms with Crippen molar-refractivity contribution in [2.24, 2.45) is 0 Å². The van der Waals surface area contributed by atoms with Crippen molar-refractivity contribution < 1.29 is 9.53 Å². The molecule has 0 spiro atoms. The van der Waals surface area contributed by atoms with Crippen LogP contribution in [0.4, 0.5) is 0 Å². The number of nitriles is 1. The highest BCUT2D eigenvalue weighted by atomic mass is 16.5. The lowest BCUT2D eigenvalue weighted by Gasteiger charge is -2.07. The number of H-pyrrole nitrogens is 1. The number of hydrogen-bond donors (Lipinski definition) is 2. The number of aromatic nitrogens is 1. The van der Waals surface area contributed by atoms with E-state index < -0.39 is 5.91 Å². The molecule has 1 rings (SSSR count). The molecule has 0 fully saturated rings. The van der Waals surface area contributed by atoms with E-state index in [1.807, 2.05) is 19.9 Å². The van der Waals surface area contributed by atoms with Gasteiger partial charge in [0.25, 0.3) is 5.91 Å². The highest BCUT2D eigenvalue weighted by Gasteiger charge is 2.08. The Morgan fingerprint density at radius 3 is 2.86 bits per heavy atom. The van der Waals surface area contributed by atoms with Crippen LogP contribution in [0.5, 0.6) is 0 Å². The average Bonchev–Trinajstić information content (AvgIpc) is 2.45. The van der Waals surface area contributed by atoms with Crippen LogP contribution in [-0.2, 0) is 9.53 Å². The molecule has 0 atom stereocenters. The van der Waals surface area contributed by atoms with Crippen LogP contribution in [0, 0.1) is 11.3 Å². The summed E-state index contributed by atoms with van der Waals surface area (Å²) in [6.45, 7) is 4.89. The topological polar surface area (TPSA) is 95.0 Å². The summed E-state index contributed by atoms with van der Waals surface area (Å²) in [6.07, 6.45) is 3.72. The van der Waals surface area contributed by atoms with Gasteiger partial charge in [0.1, 0.15) is 11.6 Å². The molecule has 6 nitrogen and oxygen atoms in total. The summed E-state index contributed by atoms with van der Waals surface area (Å²) in [5.41, 5.74) is 0.344. The maximum absolute atomic E-state index is 11.8. The van der Waals surface area contributed by atoms with Gasteiger partial charge in [0.2, 0.25) is 5.56 Å². The van der Waals surface area contributed by atoms with Gasteiger partial charge >= 0.3 is 0 Å². The maximum Gasteiger partial charge on any atom is 0.261 e. The zero-order chi connectivity index (χ0) is 15.7. The first-order valence-corrected chi connectivity index (χ1v) is 6.73. The fraction of sp³-hybridized carbons (Fsp3) is 0.400. The Hall–Kier alpha value is -2.39. The molecule has 0 aliphatic heterocycles. The lowest BCUT2D eigenvalue weighted by Crippen LogP contribution is -2.26. The summed E-state index contributed by atoms with van der Waals surface area (Å²) >= 11 is 0. The molecular weight excluding hydrogens is 270 g/mol. The molecule has 0 aromatic carbocycles. The van der Waals surface area contributed by atoms with Gasteiger partial charge in [-0.2, -0.15) is 5.26 Å². The van der Waals surface area contributed by atoms with Crippen molar-refractivity contribution in [2.75, 3.05) is 13.2 Å². The Bertz CT molecular complexity index is 576. The van der Waals surface area contributed by atoms with Crippen LogP contribution in [0.3, 0.4) is 0 Å². The second-order valence-corrected chi connectivity index (χ2v) is 4.69. The number of carbonyl (C=O) groups is 1. The smallest absolute Gasteiger partial charge is 0.261 e. The fourth-order valence-electron chi connectivity index (χ4n) is 1.52. The largest absolute Gasteiger partial charge is 0.379 e. The summed E-state index contributed by atoms with van der Waals surface area (Å²) in [5, 5.41) is 11.7. The Morgan fingerprint density at radius 2 is 2.29 bits per heavy atom. The average molecular weight is 289 g/mol. The number of aromatic amines is 1. The molecule has 1 heterocycles. The van der Waals surface area contributed by atoms with Crippen LogP contribution in [0.1, 0.15) is 25.8 Å². The van der Waals surface area contributed by atoms with Crippen molar-refractivity contribution in [1.29, 1.82) is 5.26 Å². The van der Waals surface area contributed by atoms with Gasteiger partial charge < -0.3 is 15.0 Å². The Balaban J connectivity index is 2.52. The molecule has 0 aliphatic rings. The lowest BCUT2D eigenvalue weighted by molar-refractivity contribution is -0.117. The molecule has 112 valence electrons. The second kappa shape index (κ2) is 8.72. The van der Waals surface area contributed by atoms with Crippen LogP contribution in [0.25, 0.3) is 6.08 Å². The second-order valence-electron chi connectivity index (χ2n) is 4.69. The van der Waals surface area contributed by atoms with E-state index in [-0.39, 0.29) is 17.2 Å². The van der Waals surface area contributed by atoms with Gasteiger partial charge in [-0.25, -0.2) is 0 Å². The van der Waals surface area contributed by atoms with E-state index >= 15 is 0 Å². The SMILES string of the molecule is CC(C)OCCCNC(=O)/C(C#N)=C/c1ccc(=O)[nH]c1. The third kappa shape index (κ3) is 6.54. The quantitative estimate of drug-likeness (QED) is 0.448. The van der Waals surface area contributed by atoms with E-state index in [4.69, 9.17) is 10.00 Å². The molecule has 21 heavy (non-hydrogen) atoms. The third-order valence-electron chi connectivity index (χ3n) is 2.54. The van der Waals surface area contributed by atoms with Gasteiger partial charge in [0.05, 0.1) is 6.10 Å². The standard InChI is InChI=1S/C15H19N3O3/c1-11(2)21-7-3-6-17-15(20)13(9-16)8-12-4-5-14(19)18-10-12/h4-5,8,10-11H,3,6-7H2,1-2H3,(H,17,20)(H,18,19)/b13-8+. The van der Waals surface area contributed by atoms with Crippen molar-refractivity contribution in [3.05, 3.63) is 39.8 Å². The molecule has 1 aromatic heterocycles. The fourth-order valence-corrected chi connectivity index (χ4v) is 1.52. The zero-order valence-corrected chi connectivity index (χ0v) is 12.2. The lowest BCUT2D eigenvalue weighted by atomic mass is 10.1. The first-order valence-electron chi connectivity index (χ1n) is 6.73. The minimum atomic E-state index is -0.437. The van der Waals surface area contributed by atoms with Crippen LogP contribution in [0.2, 0.25) is 0 Å². The van der Waals surface area contributed by atoms with Crippen molar-refractivity contribution in [3.8, 4) is 6.07 Å². The van der Waals surface area contributed by atoms with E-state index in [0.29, 0.717) is 25.1 Å². The maximum atomic E-state index is 11.8.